The number of ether oxygens (including phenoxy) is 1. The van der Waals surface area contributed by atoms with Crippen molar-refractivity contribution in [1.82, 2.24) is 15.5 Å². The summed E-state index contributed by atoms with van der Waals surface area (Å²) in [6.07, 6.45) is 17.4. The van der Waals surface area contributed by atoms with Crippen molar-refractivity contribution in [3.8, 4) is 0 Å². The van der Waals surface area contributed by atoms with Crippen molar-refractivity contribution in [2.75, 3.05) is 26.2 Å². The van der Waals surface area contributed by atoms with Crippen molar-refractivity contribution in [2.45, 2.75) is 142 Å². The number of nitrogens with one attached hydrogen (secondary N) is 2. The van der Waals surface area contributed by atoms with Crippen LogP contribution in [0.25, 0.3) is 0 Å². The minimum atomic E-state index is -0.0542. The second-order valence-corrected chi connectivity index (χ2v) is 19.0. The van der Waals surface area contributed by atoms with Crippen LogP contribution in [0.2, 0.25) is 0 Å². The third-order valence-corrected chi connectivity index (χ3v) is 16.5. The molecule has 0 aromatic heterocycles. The molecule has 52 heavy (non-hydrogen) atoms. The standard InChI is InChI=1S/C45H65N3O4/c1-30-25-38-41(48(28-30)24-23-47-39(50)13-9-6-10-22-46-40(51)17-14-32-11-7-5-8-12-32)31(2)45(52-38)21-19-36-35-16-15-33-26-34(49)18-20-42(33,3)37(35)27-44(36)29-43(44,45)4/h5,7-8,11-12,26,30-31,35-38,41H,6,9-10,13-25,27-29H2,1-4H3,(H,46,51)(H,47,50)/t30-,31+,35-,36?,37-,38+,41-,42-,43?,44?,45+/m0/s1. The van der Waals surface area contributed by atoms with Crippen LogP contribution in [0.3, 0.4) is 0 Å². The number of carbonyl (C=O) groups excluding carboxylic acids is 3. The molecule has 284 valence electrons. The first kappa shape index (κ1) is 36.5. The number of unbranched alkanes of at least 4 members (excludes halogenated alkanes) is 2. The second-order valence-electron chi connectivity index (χ2n) is 19.0. The summed E-state index contributed by atoms with van der Waals surface area (Å²) < 4.78 is 7.52. The number of aryl methyl sites for hydroxylation is 1. The van der Waals surface area contributed by atoms with Gasteiger partial charge in [-0.1, -0.05) is 70.0 Å². The van der Waals surface area contributed by atoms with E-state index in [1.807, 2.05) is 18.2 Å². The lowest BCUT2D eigenvalue weighted by atomic mass is 9.56. The smallest absolute Gasteiger partial charge is 0.220 e. The molecule has 2 amide bonds. The van der Waals surface area contributed by atoms with Gasteiger partial charge >= 0.3 is 0 Å². The number of hydrogen-bond acceptors (Lipinski definition) is 5. The first-order chi connectivity index (χ1) is 25.0. The van der Waals surface area contributed by atoms with Gasteiger partial charge in [-0.2, -0.15) is 0 Å². The number of benzene rings is 1. The fraction of sp³-hybridized carbons (Fsp3) is 0.756. The van der Waals surface area contributed by atoms with E-state index in [1.165, 1.54) is 43.2 Å². The zero-order valence-corrected chi connectivity index (χ0v) is 32.5. The zero-order chi connectivity index (χ0) is 36.3. The van der Waals surface area contributed by atoms with Crippen LogP contribution in [0.15, 0.2) is 42.0 Å². The summed E-state index contributed by atoms with van der Waals surface area (Å²) in [5.41, 5.74) is 3.46. The monoisotopic (exact) mass is 711 g/mol. The summed E-state index contributed by atoms with van der Waals surface area (Å²) in [5, 5.41) is 6.28. The van der Waals surface area contributed by atoms with Gasteiger partial charge in [0.25, 0.3) is 0 Å². The van der Waals surface area contributed by atoms with Gasteiger partial charge in [0.2, 0.25) is 11.8 Å². The van der Waals surface area contributed by atoms with Gasteiger partial charge in [0.05, 0.1) is 11.7 Å². The molecule has 7 nitrogen and oxygen atoms in total. The maximum Gasteiger partial charge on any atom is 0.220 e. The summed E-state index contributed by atoms with van der Waals surface area (Å²) in [7, 11) is 0. The molecule has 5 aliphatic carbocycles. The zero-order valence-electron chi connectivity index (χ0n) is 32.5. The average Bonchev–Trinajstić information content (AvgIpc) is 3.47. The number of nitrogens with zero attached hydrogens (tertiary/aromatic N) is 1. The van der Waals surface area contributed by atoms with Crippen molar-refractivity contribution in [2.24, 2.45) is 45.8 Å². The van der Waals surface area contributed by atoms with E-state index in [0.717, 1.165) is 82.2 Å². The molecule has 0 radical (unpaired) electrons. The molecular weight excluding hydrogens is 647 g/mol. The molecule has 1 aromatic carbocycles. The molecule has 4 saturated carbocycles. The van der Waals surface area contributed by atoms with Crippen LogP contribution in [0, 0.1) is 45.8 Å². The van der Waals surface area contributed by atoms with Crippen LogP contribution >= 0.6 is 0 Å². The Bertz CT molecular complexity index is 1560. The fourth-order valence-corrected chi connectivity index (χ4v) is 13.9. The molecule has 0 bridgehead atoms. The summed E-state index contributed by atoms with van der Waals surface area (Å²) in [6.45, 7) is 13.4. The molecule has 1 aromatic rings. The molecule has 2 saturated heterocycles. The normalized spacial score (nSPS) is 41.7. The number of rotatable bonds is 12. The van der Waals surface area contributed by atoms with Crippen LogP contribution in [0.1, 0.15) is 123 Å². The Morgan fingerprint density at radius 2 is 1.71 bits per heavy atom. The first-order valence-electron chi connectivity index (χ1n) is 21.2. The van der Waals surface area contributed by atoms with Gasteiger partial charge in [-0.25, -0.2) is 0 Å². The van der Waals surface area contributed by atoms with Crippen molar-refractivity contribution >= 4 is 17.6 Å². The highest BCUT2D eigenvalue weighted by Gasteiger charge is 2.84. The van der Waals surface area contributed by atoms with E-state index in [9.17, 15) is 14.4 Å². The summed E-state index contributed by atoms with van der Waals surface area (Å²) >= 11 is 0. The minimum Gasteiger partial charge on any atom is -0.369 e. The molecule has 11 atom stereocenters. The SMILES string of the molecule is C[C@H]1C[C@H]2O[C@]3(CCC4[C@@H]5CCC6=CC(=O)CC[C@]6(C)[C@H]5CC45CC53C)[C@H](C)[C@@H]2N(CCNC(=O)CCCCCNC(=O)CCc2ccccc2)C1. The molecular formula is C45H65N3O4. The lowest BCUT2D eigenvalue weighted by Crippen LogP contribution is -2.55. The largest absolute Gasteiger partial charge is 0.369 e. The molecule has 8 rings (SSSR count). The molecule has 2 aliphatic heterocycles. The van der Waals surface area contributed by atoms with E-state index in [4.69, 9.17) is 4.74 Å². The van der Waals surface area contributed by atoms with Crippen LogP contribution < -0.4 is 10.6 Å². The van der Waals surface area contributed by atoms with Crippen molar-refractivity contribution in [3.63, 3.8) is 0 Å². The van der Waals surface area contributed by atoms with Crippen molar-refractivity contribution in [3.05, 3.63) is 47.5 Å². The van der Waals surface area contributed by atoms with Crippen molar-refractivity contribution < 1.29 is 19.1 Å². The number of hydrogen-bond donors (Lipinski definition) is 2. The van der Waals surface area contributed by atoms with Crippen molar-refractivity contribution in [1.29, 1.82) is 0 Å². The van der Waals surface area contributed by atoms with Crippen LogP contribution in [0.4, 0.5) is 0 Å². The van der Waals surface area contributed by atoms with Gasteiger partial charge in [-0.3, -0.25) is 19.3 Å². The van der Waals surface area contributed by atoms with E-state index >= 15 is 0 Å². The lowest BCUT2D eigenvalue weighted by Gasteiger charge is -2.50. The number of allylic oxidation sites excluding steroid dienone is 2. The molecule has 2 spiro atoms. The highest BCUT2D eigenvalue weighted by molar-refractivity contribution is 5.91. The summed E-state index contributed by atoms with van der Waals surface area (Å²) in [4.78, 5) is 40.1. The van der Waals surface area contributed by atoms with Crippen LogP contribution in [-0.4, -0.2) is 66.4 Å². The van der Waals surface area contributed by atoms with Gasteiger partial charge in [-0.05, 0) is 117 Å². The van der Waals surface area contributed by atoms with E-state index in [0.29, 0.717) is 55.0 Å². The number of ketones is 1. The predicted octanol–water partition coefficient (Wildman–Crippen LogP) is 7.43. The number of likely N-dealkylation sites (tertiary alicyclic amines) is 1. The molecule has 3 unspecified atom stereocenters. The van der Waals surface area contributed by atoms with E-state index < -0.39 is 0 Å². The van der Waals surface area contributed by atoms with Gasteiger partial charge in [-0.15, -0.1) is 0 Å². The highest BCUT2D eigenvalue weighted by atomic mass is 16.5. The van der Waals surface area contributed by atoms with Crippen LogP contribution in [0.5, 0.6) is 0 Å². The van der Waals surface area contributed by atoms with Gasteiger partial charge < -0.3 is 15.4 Å². The van der Waals surface area contributed by atoms with E-state index in [-0.39, 0.29) is 34.3 Å². The number of piperidine rings is 1. The average molecular weight is 712 g/mol. The Balaban J connectivity index is 0.816. The van der Waals surface area contributed by atoms with Gasteiger partial charge in [0, 0.05) is 62.8 Å². The summed E-state index contributed by atoms with van der Waals surface area (Å²) in [6, 6.07) is 10.5. The molecule has 6 fully saturated rings. The second kappa shape index (κ2) is 14.0. The molecule has 2 N–H and O–H groups in total. The number of fused-ring (bicyclic) bond motifs is 6. The van der Waals surface area contributed by atoms with Crippen LogP contribution in [-0.2, 0) is 25.5 Å². The third kappa shape index (κ3) is 6.03. The number of carbonyl (C=O) groups is 3. The Kier molecular flexibility index (Phi) is 9.79. The highest BCUT2D eigenvalue weighted by Crippen LogP contribution is 2.87. The number of amides is 2. The predicted molar refractivity (Wildman–Crippen MR) is 204 cm³/mol. The fourth-order valence-electron chi connectivity index (χ4n) is 13.9. The summed E-state index contributed by atoms with van der Waals surface area (Å²) in [5.74, 6) is 4.01. The third-order valence-electron chi connectivity index (χ3n) is 16.5. The maximum absolute atomic E-state index is 12.8. The minimum absolute atomic E-state index is 0.0542. The Hall–Kier alpha value is -2.51. The molecule has 7 heteroatoms. The quantitative estimate of drug-likeness (QED) is 0.221. The topological polar surface area (TPSA) is 87.7 Å². The van der Waals surface area contributed by atoms with Gasteiger partial charge in [0.1, 0.15) is 0 Å². The molecule has 2 heterocycles. The Labute approximate surface area is 312 Å². The van der Waals surface area contributed by atoms with E-state index in [1.54, 1.807) is 0 Å². The van der Waals surface area contributed by atoms with Gasteiger partial charge in [0.15, 0.2) is 5.78 Å². The maximum atomic E-state index is 12.8. The first-order valence-corrected chi connectivity index (χ1v) is 21.2. The van der Waals surface area contributed by atoms with E-state index in [2.05, 4.69) is 61.4 Å². The molecule has 7 aliphatic rings. The lowest BCUT2D eigenvalue weighted by molar-refractivity contribution is -0.148. The Morgan fingerprint density at radius 1 is 0.923 bits per heavy atom. The Morgan fingerprint density at radius 3 is 2.54 bits per heavy atom.